The van der Waals surface area contributed by atoms with Crippen molar-refractivity contribution in [3.8, 4) is 0 Å². The zero-order valence-electron chi connectivity index (χ0n) is 11.8. The SMILES string of the molecule is CCC(C)(OC)c1nc2c(s1)C(=O)CC(C)(C)C2. The van der Waals surface area contributed by atoms with Crippen LogP contribution in [-0.2, 0) is 16.8 Å². The van der Waals surface area contributed by atoms with E-state index in [1.807, 2.05) is 6.92 Å². The molecule has 18 heavy (non-hydrogen) atoms. The summed E-state index contributed by atoms with van der Waals surface area (Å²) in [6, 6.07) is 0. The van der Waals surface area contributed by atoms with Crippen molar-refractivity contribution in [2.24, 2.45) is 5.41 Å². The van der Waals surface area contributed by atoms with Crippen molar-refractivity contribution in [3.05, 3.63) is 15.6 Å². The summed E-state index contributed by atoms with van der Waals surface area (Å²) in [7, 11) is 1.70. The molecule has 0 bridgehead atoms. The molecule has 0 saturated carbocycles. The van der Waals surface area contributed by atoms with E-state index in [9.17, 15) is 4.79 Å². The van der Waals surface area contributed by atoms with Crippen LogP contribution in [0.3, 0.4) is 0 Å². The van der Waals surface area contributed by atoms with Crippen molar-refractivity contribution in [2.45, 2.75) is 52.6 Å². The Labute approximate surface area is 113 Å². The quantitative estimate of drug-likeness (QED) is 0.840. The normalized spacial score (nSPS) is 21.5. The van der Waals surface area contributed by atoms with E-state index in [1.54, 1.807) is 7.11 Å². The first-order valence-corrected chi connectivity index (χ1v) is 7.21. The minimum Gasteiger partial charge on any atom is -0.371 e. The molecule has 100 valence electrons. The van der Waals surface area contributed by atoms with E-state index in [2.05, 4.69) is 25.8 Å². The molecule has 1 heterocycles. The maximum absolute atomic E-state index is 12.1. The number of carbonyl (C=O) groups is 1. The number of hydrogen-bond acceptors (Lipinski definition) is 4. The molecule has 1 aromatic rings. The Morgan fingerprint density at radius 3 is 2.67 bits per heavy atom. The lowest BCUT2D eigenvalue weighted by molar-refractivity contribution is -0.00172. The second kappa shape index (κ2) is 4.42. The first-order chi connectivity index (χ1) is 8.31. The molecule has 1 aliphatic rings. The van der Waals surface area contributed by atoms with Crippen molar-refractivity contribution in [1.82, 2.24) is 4.98 Å². The molecule has 3 nitrogen and oxygen atoms in total. The van der Waals surface area contributed by atoms with Gasteiger partial charge in [0.25, 0.3) is 0 Å². The Balaban J connectivity index is 2.44. The Morgan fingerprint density at radius 2 is 2.11 bits per heavy atom. The van der Waals surface area contributed by atoms with Crippen molar-refractivity contribution >= 4 is 17.1 Å². The minimum absolute atomic E-state index is 0.0329. The lowest BCUT2D eigenvalue weighted by Gasteiger charge is -2.27. The molecule has 4 heteroatoms. The van der Waals surface area contributed by atoms with Gasteiger partial charge in [-0.25, -0.2) is 4.98 Å². The topological polar surface area (TPSA) is 39.2 Å². The number of carbonyl (C=O) groups excluding carboxylic acids is 1. The molecule has 0 N–H and O–H groups in total. The third-order valence-corrected chi connectivity index (χ3v) is 5.20. The molecule has 0 fully saturated rings. The van der Waals surface area contributed by atoms with E-state index >= 15 is 0 Å². The molecular formula is C14H21NO2S. The third-order valence-electron chi connectivity index (χ3n) is 3.81. The summed E-state index contributed by atoms with van der Waals surface area (Å²) in [5.74, 6) is 0.236. The largest absolute Gasteiger partial charge is 0.371 e. The van der Waals surface area contributed by atoms with Gasteiger partial charge >= 0.3 is 0 Å². The van der Waals surface area contributed by atoms with Crippen LogP contribution in [0.15, 0.2) is 0 Å². The van der Waals surface area contributed by atoms with Gasteiger partial charge in [0.2, 0.25) is 0 Å². The summed E-state index contributed by atoms with van der Waals surface area (Å²) in [4.78, 5) is 17.7. The zero-order valence-corrected chi connectivity index (χ0v) is 12.6. The maximum Gasteiger partial charge on any atom is 0.175 e. The molecule has 0 saturated heterocycles. The molecule has 0 amide bonds. The van der Waals surface area contributed by atoms with Crippen LogP contribution in [0.2, 0.25) is 0 Å². The lowest BCUT2D eigenvalue weighted by atomic mass is 9.78. The van der Waals surface area contributed by atoms with Crippen LogP contribution in [0.1, 0.15) is 60.9 Å². The van der Waals surface area contributed by atoms with Gasteiger partial charge in [-0.1, -0.05) is 20.8 Å². The van der Waals surface area contributed by atoms with Gasteiger partial charge in [-0.2, -0.15) is 0 Å². The number of ketones is 1. The van der Waals surface area contributed by atoms with Crippen LogP contribution in [0.5, 0.6) is 0 Å². The minimum atomic E-state index is -0.369. The van der Waals surface area contributed by atoms with Crippen LogP contribution in [0, 0.1) is 5.41 Å². The number of rotatable bonds is 3. The highest BCUT2D eigenvalue weighted by atomic mass is 32.1. The third kappa shape index (κ3) is 2.24. The molecule has 0 aromatic carbocycles. The molecule has 1 atom stereocenters. The molecule has 2 rings (SSSR count). The number of hydrogen-bond donors (Lipinski definition) is 0. The molecular weight excluding hydrogens is 246 g/mol. The Bertz CT molecular complexity index is 472. The van der Waals surface area contributed by atoms with Gasteiger partial charge in [0.1, 0.15) is 10.6 Å². The predicted molar refractivity (Wildman–Crippen MR) is 73.2 cm³/mol. The number of fused-ring (bicyclic) bond motifs is 1. The summed E-state index contributed by atoms with van der Waals surface area (Å²) in [6.07, 6.45) is 2.36. The number of nitrogens with zero attached hydrogens (tertiary/aromatic N) is 1. The van der Waals surface area contributed by atoms with Crippen LogP contribution in [0.25, 0.3) is 0 Å². The smallest absolute Gasteiger partial charge is 0.175 e. The van der Waals surface area contributed by atoms with E-state index in [0.717, 1.165) is 28.4 Å². The van der Waals surface area contributed by atoms with Crippen molar-refractivity contribution < 1.29 is 9.53 Å². The number of ether oxygens (including phenoxy) is 1. The van der Waals surface area contributed by atoms with Gasteiger partial charge in [0, 0.05) is 13.5 Å². The average Bonchev–Trinajstić information content (AvgIpc) is 2.70. The van der Waals surface area contributed by atoms with Crippen LogP contribution >= 0.6 is 11.3 Å². The molecule has 0 spiro atoms. The lowest BCUT2D eigenvalue weighted by Crippen LogP contribution is -2.26. The Hall–Kier alpha value is -0.740. The summed E-state index contributed by atoms with van der Waals surface area (Å²) < 4.78 is 5.57. The summed E-state index contributed by atoms with van der Waals surface area (Å²) >= 11 is 1.51. The van der Waals surface area contributed by atoms with Gasteiger partial charge in [0.15, 0.2) is 5.78 Å². The highest BCUT2D eigenvalue weighted by Crippen LogP contribution is 2.40. The van der Waals surface area contributed by atoms with E-state index < -0.39 is 0 Å². The summed E-state index contributed by atoms with van der Waals surface area (Å²) in [5, 5.41) is 0.934. The number of Topliss-reactive ketones (excluding diaryl/α,β-unsaturated/α-hetero) is 1. The van der Waals surface area contributed by atoms with E-state index in [4.69, 9.17) is 4.74 Å². The summed E-state index contributed by atoms with van der Waals surface area (Å²) in [5.41, 5.74) is 0.630. The first kappa shape index (κ1) is 13.7. The number of methoxy groups -OCH3 is 1. The monoisotopic (exact) mass is 267 g/mol. The number of aromatic nitrogens is 1. The van der Waals surface area contributed by atoms with Gasteiger partial charge in [-0.15, -0.1) is 11.3 Å². The van der Waals surface area contributed by atoms with Crippen molar-refractivity contribution in [1.29, 1.82) is 0 Å². The molecule has 0 radical (unpaired) electrons. The second-order valence-corrected chi connectivity index (χ2v) is 7.02. The first-order valence-electron chi connectivity index (χ1n) is 6.40. The molecule has 1 aromatic heterocycles. The van der Waals surface area contributed by atoms with Crippen LogP contribution in [-0.4, -0.2) is 17.9 Å². The average molecular weight is 267 g/mol. The highest BCUT2D eigenvalue weighted by molar-refractivity contribution is 7.14. The second-order valence-electron chi connectivity index (χ2n) is 6.02. The highest BCUT2D eigenvalue weighted by Gasteiger charge is 2.37. The van der Waals surface area contributed by atoms with E-state index in [-0.39, 0.29) is 16.8 Å². The number of thiazole rings is 1. The van der Waals surface area contributed by atoms with Crippen molar-refractivity contribution in [3.63, 3.8) is 0 Å². The van der Waals surface area contributed by atoms with Crippen LogP contribution in [0.4, 0.5) is 0 Å². The molecule has 0 aliphatic heterocycles. The van der Waals surface area contributed by atoms with Gasteiger partial charge in [-0.05, 0) is 25.2 Å². The standard InChI is InChI=1S/C14H21NO2S/c1-6-14(4,17-5)12-15-9-7-13(2,3)8-10(16)11(9)18-12/h6-8H2,1-5H3. The van der Waals surface area contributed by atoms with E-state index in [0.29, 0.717) is 6.42 Å². The van der Waals surface area contributed by atoms with Gasteiger partial charge in [0.05, 0.1) is 10.6 Å². The fourth-order valence-electron chi connectivity index (χ4n) is 2.33. The Morgan fingerprint density at radius 1 is 1.44 bits per heavy atom. The van der Waals surface area contributed by atoms with E-state index in [1.165, 1.54) is 11.3 Å². The van der Waals surface area contributed by atoms with Crippen molar-refractivity contribution in [2.75, 3.05) is 7.11 Å². The molecule has 1 aliphatic carbocycles. The molecule has 1 unspecified atom stereocenters. The van der Waals surface area contributed by atoms with Crippen LogP contribution < -0.4 is 0 Å². The zero-order chi connectivity index (χ0) is 13.6. The fraction of sp³-hybridized carbons (Fsp3) is 0.714. The summed E-state index contributed by atoms with van der Waals surface area (Å²) in [6.45, 7) is 8.37. The maximum atomic E-state index is 12.1. The fourth-order valence-corrected chi connectivity index (χ4v) is 3.54. The van der Waals surface area contributed by atoms with Gasteiger partial charge < -0.3 is 4.74 Å². The Kier molecular flexibility index (Phi) is 3.36. The van der Waals surface area contributed by atoms with Gasteiger partial charge in [-0.3, -0.25) is 4.79 Å². The predicted octanol–water partition coefficient (Wildman–Crippen LogP) is 3.57.